The Kier molecular flexibility index (Phi) is 3.79. The van der Waals surface area contributed by atoms with Gasteiger partial charge in [0.25, 0.3) is 0 Å². The fourth-order valence-electron chi connectivity index (χ4n) is 1.31. The van der Waals surface area contributed by atoms with E-state index in [1.165, 1.54) is 18.2 Å². The Bertz CT molecular complexity index is 557. The molecule has 0 saturated heterocycles. The number of hydrogen-bond donors (Lipinski definition) is 1. The number of benzene rings is 2. The van der Waals surface area contributed by atoms with Gasteiger partial charge in [-0.05, 0) is 36.4 Å². The molecular weight excluding hydrogens is 257 g/mol. The number of carbonyl (C=O) groups is 1. The lowest BCUT2D eigenvalue weighted by atomic mass is 10.3. The fraction of sp³-hybridized carbons (Fsp3) is 0. The molecule has 0 unspecified atom stereocenters. The topological polar surface area (TPSA) is 38.3 Å². The van der Waals surface area contributed by atoms with Gasteiger partial charge in [0.2, 0.25) is 0 Å². The largest absolute Gasteiger partial charge is 0.417 e. The summed E-state index contributed by atoms with van der Waals surface area (Å²) in [6.07, 6.45) is -0.762. The van der Waals surface area contributed by atoms with Gasteiger partial charge in [-0.15, -0.1) is 0 Å². The molecule has 2 aromatic rings. The molecule has 0 bridgehead atoms. The Morgan fingerprint density at radius 1 is 1.11 bits per heavy atom. The first-order chi connectivity index (χ1) is 8.65. The highest BCUT2D eigenvalue weighted by Crippen LogP contribution is 2.17. The third-order valence-corrected chi connectivity index (χ3v) is 2.39. The monoisotopic (exact) mass is 265 g/mol. The highest BCUT2D eigenvalue weighted by molar-refractivity contribution is 6.30. The molecule has 3 nitrogen and oxygen atoms in total. The predicted molar refractivity (Wildman–Crippen MR) is 67.5 cm³/mol. The van der Waals surface area contributed by atoms with Crippen molar-refractivity contribution in [3.63, 3.8) is 0 Å². The summed E-state index contributed by atoms with van der Waals surface area (Å²) in [5.41, 5.74) is 0.0662. The van der Waals surface area contributed by atoms with E-state index < -0.39 is 11.9 Å². The van der Waals surface area contributed by atoms with Crippen molar-refractivity contribution in [2.45, 2.75) is 0 Å². The molecule has 0 radical (unpaired) electrons. The number of ether oxygens (including phenoxy) is 1. The summed E-state index contributed by atoms with van der Waals surface area (Å²) in [4.78, 5) is 11.5. The number of anilines is 1. The van der Waals surface area contributed by atoms with Crippen molar-refractivity contribution in [1.82, 2.24) is 0 Å². The second-order valence-corrected chi connectivity index (χ2v) is 3.88. The van der Waals surface area contributed by atoms with Crippen LogP contribution in [0.15, 0.2) is 48.5 Å². The molecular formula is C13H9ClFNO2. The van der Waals surface area contributed by atoms with Gasteiger partial charge in [-0.2, -0.15) is 0 Å². The zero-order valence-corrected chi connectivity index (χ0v) is 9.95. The molecule has 1 N–H and O–H groups in total. The molecule has 2 aromatic carbocycles. The lowest BCUT2D eigenvalue weighted by Gasteiger charge is -2.07. The number of para-hydroxylation sites is 1. The van der Waals surface area contributed by atoms with Crippen LogP contribution in [0.5, 0.6) is 5.75 Å². The van der Waals surface area contributed by atoms with Crippen LogP contribution in [0.25, 0.3) is 0 Å². The maximum absolute atomic E-state index is 13.3. The van der Waals surface area contributed by atoms with Gasteiger partial charge in [-0.3, -0.25) is 5.32 Å². The molecule has 0 spiro atoms. The Balaban J connectivity index is 2.01. The van der Waals surface area contributed by atoms with Gasteiger partial charge in [0.05, 0.1) is 5.69 Å². The number of carbonyl (C=O) groups excluding carboxylic acids is 1. The molecule has 0 heterocycles. The molecule has 18 heavy (non-hydrogen) atoms. The highest BCUT2D eigenvalue weighted by Gasteiger charge is 2.07. The third kappa shape index (κ3) is 3.21. The molecule has 0 aliphatic rings. The molecule has 0 atom stereocenters. The minimum absolute atomic E-state index is 0.0662. The van der Waals surface area contributed by atoms with Crippen LogP contribution >= 0.6 is 11.6 Å². The van der Waals surface area contributed by atoms with Crippen LogP contribution < -0.4 is 10.1 Å². The quantitative estimate of drug-likeness (QED) is 0.888. The normalized spacial score (nSPS) is 9.89. The lowest BCUT2D eigenvalue weighted by Crippen LogP contribution is -2.17. The van der Waals surface area contributed by atoms with Gasteiger partial charge in [0.15, 0.2) is 0 Å². The van der Waals surface area contributed by atoms with Crippen molar-refractivity contribution in [2.24, 2.45) is 0 Å². The summed E-state index contributed by atoms with van der Waals surface area (Å²) in [6, 6.07) is 12.1. The first kappa shape index (κ1) is 12.4. The Labute approximate surface area is 108 Å². The van der Waals surface area contributed by atoms with Crippen LogP contribution in [-0.2, 0) is 0 Å². The van der Waals surface area contributed by atoms with E-state index in [0.29, 0.717) is 10.8 Å². The predicted octanol–water partition coefficient (Wildman–Crippen LogP) is 4.09. The van der Waals surface area contributed by atoms with Crippen molar-refractivity contribution in [3.05, 3.63) is 59.4 Å². The van der Waals surface area contributed by atoms with Crippen LogP contribution in [0.2, 0.25) is 5.02 Å². The van der Waals surface area contributed by atoms with Crippen molar-refractivity contribution in [2.75, 3.05) is 5.32 Å². The Morgan fingerprint density at radius 2 is 1.78 bits per heavy atom. The van der Waals surface area contributed by atoms with Crippen molar-refractivity contribution in [3.8, 4) is 5.75 Å². The molecule has 0 aliphatic heterocycles. The van der Waals surface area contributed by atoms with E-state index in [9.17, 15) is 9.18 Å². The summed E-state index contributed by atoms with van der Waals surface area (Å²) in [5, 5.41) is 2.84. The minimum atomic E-state index is -0.762. The van der Waals surface area contributed by atoms with E-state index in [1.807, 2.05) is 0 Å². The van der Waals surface area contributed by atoms with E-state index in [2.05, 4.69) is 5.32 Å². The zero-order chi connectivity index (χ0) is 13.0. The van der Waals surface area contributed by atoms with Crippen LogP contribution in [-0.4, -0.2) is 6.09 Å². The van der Waals surface area contributed by atoms with Gasteiger partial charge in [-0.25, -0.2) is 9.18 Å². The Hall–Kier alpha value is -2.07. The summed E-state index contributed by atoms with van der Waals surface area (Å²) >= 11 is 5.69. The molecule has 2 rings (SSSR count). The summed E-state index contributed by atoms with van der Waals surface area (Å²) in [7, 11) is 0. The highest BCUT2D eigenvalue weighted by atomic mass is 35.5. The maximum Gasteiger partial charge on any atom is 0.417 e. The summed E-state index contributed by atoms with van der Waals surface area (Å²) in [6.45, 7) is 0. The van der Waals surface area contributed by atoms with E-state index >= 15 is 0 Å². The maximum atomic E-state index is 13.3. The lowest BCUT2D eigenvalue weighted by molar-refractivity contribution is 0.215. The van der Waals surface area contributed by atoms with Crippen molar-refractivity contribution < 1.29 is 13.9 Å². The number of nitrogens with one attached hydrogen (secondary N) is 1. The van der Waals surface area contributed by atoms with E-state index in [-0.39, 0.29) is 5.69 Å². The Morgan fingerprint density at radius 3 is 2.44 bits per heavy atom. The van der Waals surface area contributed by atoms with Gasteiger partial charge < -0.3 is 4.74 Å². The van der Waals surface area contributed by atoms with Crippen molar-refractivity contribution >= 4 is 23.4 Å². The zero-order valence-electron chi connectivity index (χ0n) is 9.19. The molecule has 0 fully saturated rings. The third-order valence-electron chi connectivity index (χ3n) is 2.13. The minimum Gasteiger partial charge on any atom is -0.410 e. The van der Waals surface area contributed by atoms with Crippen molar-refractivity contribution in [1.29, 1.82) is 0 Å². The first-order valence-corrected chi connectivity index (χ1v) is 5.52. The van der Waals surface area contributed by atoms with Gasteiger partial charge >= 0.3 is 6.09 Å². The average Bonchev–Trinajstić information content (AvgIpc) is 2.35. The fourth-order valence-corrected chi connectivity index (χ4v) is 1.43. The second kappa shape index (κ2) is 5.51. The smallest absolute Gasteiger partial charge is 0.410 e. The van der Waals surface area contributed by atoms with Gasteiger partial charge in [0, 0.05) is 5.02 Å². The van der Waals surface area contributed by atoms with E-state index in [1.54, 1.807) is 30.3 Å². The van der Waals surface area contributed by atoms with Gasteiger partial charge in [-0.1, -0.05) is 23.7 Å². The molecule has 0 aliphatic carbocycles. The molecule has 0 aromatic heterocycles. The second-order valence-electron chi connectivity index (χ2n) is 3.45. The van der Waals surface area contributed by atoms with E-state index in [0.717, 1.165) is 0 Å². The van der Waals surface area contributed by atoms with Crippen LogP contribution in [0.1, 0.15) is 0 Å². The van der Waals surface area contributed by atoms with Gasteiger partial charge in [0.1, 0.15) is 11.6 Å². The van der Waals surface area contributed by atoms with Crippen LogP contribution in [0, 0.1) is 5.82 Å². The number of amides is 1. The molecule has 92 valence electrons. The number of rotatable bonds is 2. The molecule has 1 amide bonds. The summed E-state index contributed by atoms with van der Waals surface area (Å²) < 4.78 is 18.2. The van der Waals surface area contributed by atoms with Crippen LogP contribution in [0.4, 0.5) is 14.9 Å². The first-order valence-electron chi connectivity index (χ1n) is 5.14. The molecule has 5 heteroatoms. The number of hydrogen-bond acceptors (Lipinski definition) is 2. The van der Waals surface area contributed by atoms with Crippen LogP contribution in [0.3, 0.4) is 0 Å². The standard InChI is InChI=1S/C13H9ClFNO2/c14-9-5-7-10(8-6-9)18-13(17)16-12-4-2-1-3-11(12)15/h1-8H,(H,16,17). The average molecular weight is 266 g/mol. The number of halogens is 2. The SMILES string of the molecule is O=C(Nc1ccccc1F)Oc1ccc(Cl)cc1. The van der Waals surface area contributed by atoms with E-state index in [4.69, 9.17) is 16.3 Å². The summed E-state index contributed by atoms with van der Waals surface area (Å²) in [5.74, 6) is -0.196. The molecule has 0 saturated carbocycles.